The first kappa shape index (κ1) is 14.9. The van der Waals surface area contributed by atoms with Crippen LogP contribution >= 0.6 is 0 Å². The fourth-order valence-electron chi connectivity index (χ4n) is 1.79. The number of hydrogen-bond acceptors (Lipinski definition) is 4. The molecule has 0 aliphatic heterocycles. The summed E-state index contributed by atoms with van der Waals surface area (Å²) in [6, 6.07) is 6.98. The first-order valence-corrected chi connectivity index (χ1v) is 6.05. The summed E-state index contributed by atoms with van der Waals surface area (Å²) in [5.41, 5.74) is 5.86. The molecule has 0 saturated carbocycles. The van der Waals surface area contributed by atoms with Crippen LogP contribution in [-0.2, 0) is 13.2 Å². The van der Waals surface area contributed by atoms with Gasteiger partial charge < -0.3 is 10.5 Å². The zero-order valence-electron chi connectivity index (χ0n) is 10.9. The van der Waals surface area contributed by atoms with Gasteiger partial charge in [0, 0.05) is 29.8 Å². The second-order valence-corrected chi connectivity index (χ2v) is 4.28. The topological polar surface area (TPSA) is 78.4 Å². The number of rotatable bonds is 5. The Morgan fingerprint density at radius 1 is 1.14 bits per heavy atom. The van der Waals surface area contributed by atoms with Crippen LogP contribution in [0.4, 0.5) is 14.5 Å². The molecule has 0 saturated heterocycles. The predicted octanol–water partition coefficient (Wildman–Crippen LogP) is 2.91. The summed E-state index contributed by atoms with van der Waals surface area (Å²) < 4.78 is 31.9. The van der Waals surface area contributed by atoms with E-state index < -0.39 is 16.6 Å². The van der Waals surface area contributed by atoms with Gasteiger partial charge in [0.15, 0.2) is 0 Å². The Morgan fingerprint density at radius 2 is 1.90 bits per heavy atom. The highest BCUT2D eigenvalue weighted by atomic mass is 19.1. The van der Waals surface area contributed by atoms with E-state index in [2.05, 4.69) is 0 Å². The van der Waals surface area contributed by atoms with Gasteiger partial charge in [-0.3, -0.25) is 10.1 Å². The number of hydrogen-bond donors (Lipinski definition) is 1. The smallest absolute Gasteiger partial charge is 0.270 e. The lowest BCUT2D eigenvalue weighted by Crippen LogP contribution is -2.05. The highest BCUT2D eigenvalue weighted by Crippen LogP contribution is 2.25. The van der Waals surface area contributed by atoms with Gasteiger partial charge in [-0.15, -0.1) is 0 Å². The molecule has 0 aromatic heterocycles. The van der Waals surface area contributed by atoms with Gasteiger partial charge >= 0.3 is 0 Å². The van der Waals surface area contributed by atoms with Gasteiger partial charge in [0.05, 0.1) is 4.92 Å². The molecule has 110 valence electrons. The number of ether oxygens (including phenoxy) is 1. The number of non-ortho nitro benzene ring substituents is 1. The quantitative estimate of drug-likeness (QED) is 0.679. The average molecular weight is 294 g/mol. The van der Waals surface area contributed by atoms with Crippen LogP contribution < -0.4 is 10.5 Å². The normalized spacial score (nSPS) is 10.4. The Bertz CT molecular complexity index is 677. The lowest BCUT2D eigenvalue weighted by molar-refractivity contribution is -0.384. The molecular formula is C14H12F2N2O3. The van der Waals surface area contributed by atoms with Crippen molar-refractivity contribution in [2.45, 2.75) is 13.2 Å². The van der Waals surface area contributed by atoms with Crippen LogP contribution in [0.25, 0.3) is 0 Å². The van der Waals surface area contributed by atoms with Crippen molar-refractivity contribution in [3.8, 4) is 5.75 Å². The molecule has 0 atom stereocenters. The Labute approximate surface area is 119 Å². The molecule has 2 N–H and O–H groups in total. The molecule has 0 heterocycles. The van der Waals surface area contributed by atoms with Gasteiger partial charge in [-0.1, -0.05) is 0 Å². The maximum atomic E-state index is 13.5. The molecule has 2 aromatic rings. The minimum atomic E-state index is -0.590. The molecule has 0 amide bonds. The first-order chi connectivity index (χ1) is 10.0. The van der Waals surface area contributed by atoms with Crippen molar-refractivity contribution in [2.75, 3.05) is 0 Å². The first-order valence-electron chi connectivity index (χ1n) is 6.05. The summed E-state index contributed by atoms with van der Waals surface area (Å²) >= 11 is 0. The van der Waals surface area contributed by atoms with E-state index >= 15 is 0 Å². The fourth-order valence-corrected chi connectivity index (χ4v) is 1.79. The second kappa shape index (κ2) is 6.27. The molecular weight excluding hydrogens is 282 g/mol. The van der Waals surface area contributed by atoms with E-state index in [1.807, 2.05) is 0 Å². The number of halogens is 2. The second-order valence-electron chi connectivity index (χ2n) is 4.28. The van der Waals surface area contributed by atoms with Gasteiger partial charge in [-0.2, -0.15) is 0 Å². The van der Waals surface area contributed by atoms with Gasteiger partial charge in [0.2, 0.25) is 0 Å². The number of nitro benzene ring substituents is 1. The van der Waals surface area contributed by atoms with E-state index in [9.17, 15) is 18.9 Å². The molecule has 2 aromatic carbocycles. The van der Waals surface area contributed by atoms with Gasteiger partial charge in [-0.25, -0.2) is 8.78 Å². The van der Waals surface area contributed by atoms with Crippen LogP contribution in [0.2, 0.25) is 0 Å². The van der Waals surface area contributed by atoms with E-state index in [0.29, 0.717) is 11.3 Å². The zero-order valence-corrected chi connectivity index (χ0v) is 10.9. The van der Waals surface area contributed by atoms with Crippen molar-refractivity contribution in [2.24, 2.45) is 5.73 Å². The monoisotopic (exact) mass is 294 g/mol. The van der Waals surface area contributed by atoms with E-state index in [0.717, 1.165) is 18.2 Å². The van der Waals surface area contributed by atoms with E-state index in [4.69, 9.17) is 10.5 Å². The van der Waals surface area contributed by atoms with Crippen LogP contribution in [0.1, 0.15) is 11.1 Å². The predicted molar refractivity (Wildman–Crippen MR) is 71.7 cm³/mol. The molecule has 0 aliphatic rings. The van der Waals surface area contributed by atoms with Gasteiger partial charge in [-0.05, 0) is 24.3 Å². The maximum Gasteiger partial charge on any atom is 0.270 e. The molecule has 2 rings (SSSR count). The standard InChI is InChI=1S/C14H12F2N2O3/c15-11-1-3-13(16)10(5-11)8-21-14-4-2-12(18(19)20)6-9(14)7-17/h1-6H,7-8,17H2. The third-order valence-electron chi connectivity index (χ3n) is 2.87. The van der Waals surface area contributed by atoms with Gasteiger partial charge in [0.1, 0.15) is 24.0 Å². The van der Waals surface area contributed by atoms with Crippen LogP contribution in [0.5, 0.6) is 5.75 Å². The molecule has 0 bridgehead atoms. The summed E-state index contributed by atoms with van der Waals surface area (Å²) in [6.07, 6.45) is 0. The molecule has 21 heavy (non-hydrogen) atoms. The van der Waals surface area contributed by atoms with E-state index in [1.165, 1.54) is 18.2 Å². The molecule has 0 fully saturated rings. The van der Waals surface area contributed by atoms with Crippen molar-refractivity contribution in [3.63, 3.8) is 0 Å². The number of nitrogens with two attached hydrogens (primary N) is 1. The van der Waals surface area contributed by atoms with E-state index in [-0.39, 0.29) is 24.4 Å². The van der Waals surface area contributed by atoms with Crippen molar-refractivity contribution in [1.29, 1.82) is 0 Å². The third-order valence-corrected chi connectivity index (χ3v) is 2.87. The number of benzene rings is 2. The van der Waals surface area contributed by atoms with Crippen LogP contribution in [0, 0.1) is 21.7 Å². The largest absolute Gasteiger partial charge is 0.488 e. The highest BCUT2D eigenvalue weighted by Gasteiger charge is 2.12. The zero-order chi connectivity index (χ0) is 15.4. The summed E-state index contributed by atoms with van der Waals surface area (Å²) in [5, 5.41) is 10.7. The van der Waals surface area contributed by atoms with Crippen molar-refractivity contribution in [1.82, 2.24) is 0 Å². The fraction of sp³-hybridized carbons (Fsp3) is 0.143. The third kappa shape index (κ3) is 3.51. The Kier molecular flexibility index (Phi) is 4.44. The van der Waals surface area contributed by atoms with Gasteiger partial charge in [0.25, 0.3) is 5.69 Å². The SMILES string of the molecule is NCc1cc([N+](=O)[O-])ccc1OCc1cc(F)ccc1F. The minimum Gasteiger partial charge on any atom is -0.488 e. The van der Waals surface area contributed by atoms with Crippen molar-refractivity contribution >= 4 is 5.69 Å². The lowest BCUT2D eigenvalue weighted by atomic mass is 10.1. The Hall–Kier alpha value is -2.54. The van der Waals surface area contributed by atoms with Crippen molar-refractivity contribution in [3.05, 3.63) is 69.3 Å². The Balaban J connectivity index is 2.19. The molecule has 0 unspecified atom stereocenters. The molecule has 5 nitrogen and oxygen atoms in total. The summed E-state index contributed by atoms with van der Waals surface area (Å²) in [5.74, 6) is -0.864. The molecule has 0 spiro atoms. The molecule has 0 aliphatic carbocycles. The highest BCUT2D eigenvalue weighted by molar-refractivity contribution is 5.43. The average Bonchev–Trinajstić information content (AvgIpc) is 2.47. The van der Waals surface area contributed by atoms with Crippen LogP contribution in [-0.4, -0.2) is 4.92 Å². The van der Waals surface area contributed by atoms with Crippen molar-refractivity contribution < 1.29 is 18.4 Å². The Morgan fingerprint density at radius 3 is 2.57 bits per heavy atom. The maximum absolute atomic E-state index is 13.5. The molecule has 7 heteroatoms. The number of nitro groups is 1. The van der Waals surface area contributed by atoms with Crippen LogP contribution in [0.3, 0.4) is 0 Å². The van der Waals surface area contributed by atoms with Crippen LogP contribution in [0.15, 0.2) is 36.4 Å². The number of nitrogens with zero attached hydrogens (tertiary/aromatic N) is 1. The minimum absolute atomic E-state index is 0.0304. The van der Waals surface area contributed by atoms with E-state index in [1.54, 1.807) is 0 Å². The summed E-state index contributed by atoms with van der Waals surface area (Å²) in [6.45, 7) is -0.170. The summed E-state index contributed by atoms with van der Waals surface area (Å²) in [7, 11) is 0. The lowest BCUT2D eigenvalue weighted by Gasteiger charge is -2.11. The molecule has 0 radical (unpaired) electrons. The summed E-state index contributed by atoms with van der Waals surface area (Å²) in [4.78, 5) is 10.1.